The van der Waals surface area contributed by atoms with Gasteiger partial charge >= 0.3 is 0 Å². The third-order valence-corrected chi connectivity index (χ3v) is 2.67. The third kappa shape index (κ3) is 2.44. The highest BCUT2D eigenvalue weighted by atomic mass is 16.2. The lowest BCUT2D eigenvalue weighted by Gasteiger charge is -2.36. The maximum Gasteiger partial charge on any atom is 0.236 e. The Bertz CT molecular complexity index is 189. The van der Waals surface area contributed by atoms with Gasteiger partial charge in [-0.2, -0.15) is 0 Å². The summed E-state index contributed by atoms with van der Waals surface area (Å²) in [7, 11) is 0. The highest BCUT2D eigenvalue weighted by molar-refractivity contribution is 5.79. The molecule has 1 saturated heterocycles. The predicted molar refractivity (Wildman–Crippen MR) is 53.6 cm³/mol. The molecular weight excluding hydrogens is 164 g/mol. The molecule has 0 bridgehead atoms. The molecule has 0 aromatic carbocycles. The number of carbonyl (C=O) groups excluding carboxylic acids is 1. The van der Waals surface area contributed by atoms with Crippen LogP contribution >= 0.6 is 0 Å². The summed E-state index contributed by atoms with van der Waals surface area (Å²) in [5.74, 6) is 0.240. The minimum absolute atomic E-state index is 0.0244. The largest absolute Gasteiger partial charge is 0.336 e. The van der Waals surface area contributed by atoms with Gasteiger partial charge in [0, 0.05) is 12.1 Å². The molecule has 1 amide bonds. The maximum atomic E-state index is 11.7. The molecule has 0 aliphatic carbocycles. The van der Waals surface area contributed by atoms with Gasteiger partial charge in [-0.05, 0) is 33.2 Å². The molecule has 1 fully saturated rings. The van der Waals surface area contributed by atoms with Crippen molar-refractivity contribution < 1.29 is 4.79 Å². The van der Waals surface area contributed by atoms with E-state index >= 15 is 0 Å². The molecule has 0 saturated carbocycles. The lowest BCUT2D eigenvalue weighted by Crippen LogP contribution is -2.48. The molecule has 1 aliphatic rings. The van der Waals surface area contributed by atoms with Crippen LogP contribution in [-0.2, 0) is 4.79 Å². The Labute approximate surface area is 80.5 Å². The monoisotopic (exact) mass is 184 g/mol. The second kappa shape index (κ2) is 4.09. The second-order valence-corrected chi connectivity index (χ2v) is 4.28. The fourth-order valence-electron chi connectivity index (χ4n) is 1.81. The van der Waals surface area contributed by atoms with E-state index in [2.05, 4.69) is 26.1 Å². The minimum Gasteiger partial charge on any atom is -0.336 e. The minimum atomic E-state index is 0.0244. The zero-order chi connectivity index (χ0) is 9.90. The molecule has 0 aromatic rings. The molecule has 0 spiro atoms. The first-order chi connectivity index (χ1) is 6.08. The molecule has 76 valence electrons. The highest BCUT2D eigenvalue weighted by Gasteiger charge is 2.31. The fraction of sp³-hybridized carbons (Fsp3) is 0.900. The zero-order valence-corrected chi connectivity index (χ0v) is 8.89. The van der Waals surface area contributed by atoms with Crippen LogP contribution in [0.2, 0.25) is 0 Å². The van der Waals surface area contributed by atoms with Crippen LogP contribution in [0.15, 0.2) is 0 Å². The van der Waals surface area contributed by atoms with E-state index in [-0.39, 0.29) is 11.4 Å². The summed E-state index contributed by atoms with van der Waals surface area (Å²) in [6, 6.07) is 0. The number of amides is 1. The average molecular weight is 184 g/mol. The maximum absolute atomic E-state index is 11.7. The van der Waals surface area contributed by atoms with Gasteiger partial charge in [0.05, 0.1) is 6.54 Å². The van der Waals surface area contributed by atoms with Crippen molar-refractivity contribution in [1.82, 2.24) is 10.2 Å². The topological polar surface area (TPSA) is 32.3 Å². The Kier molecular flexibility index (Phi) is 3.31. The van der Waals surface area contributed by atoms with E-state index in [1.807, 2.05) is 4.90 Å². The number of nitrogens with one attached hydrogen (secondary N) is 1. The van der Waals surface area contributed by atoms with Crippen LogP contribution in [0.5, 0.6) is 0 Å². The zero-order valence-electron chi connectivity index (χ0n) is 8.89. The summed E-state index contributed by atoms with van der Waals surface area (Å²) in [5.41, 5.74) is 0.0244. The first-order valence-electron chi connectivity index (χ1n) is 5.09. The van der Waals surface area contributed by atoms with Gasteiger partial charge in [0.1, 0.15) is 0 Å². The molecule has 3 heteroatoms. The molecule has 1 N–H and O–H groups in total. The van der Waals surface area contributed by atoms with Gasteiger partial charge < -0.3 is 10.2 Å². The van der Waals surface area contributed by atoms with Crippen LogP contribution in [0.25, 0.3) is 0 Å². The molecule has 0 aromatic heterocycles. The first kappa shape index (κ1) is 10.5. The lowest BCUT2D eigenvalue weighted by atomic mass is 9.98. The summed E-state index contributed by atoms with van der Waals surface area (Å²) < 4.78 is 0. The molecule has 1 rings (SSSR count). The van der Waals surface area contributed by atoms with Crippen LogP contribution in [-0.4, -0.2) is 36.0 Å². The summed E-state index contributed by atoms with van der Waals surface area (Å²) >= 11 is 0. The quantitative estimate of drug-likeness (QED) is 0.694. The molecule has 0 atom stereocenters. The Morgan fingerprint density at radius 3 is 2.85 bits per heavy atom. The number of hydrogen-bond acceptors (Lipinski definition) is 2. The van der Waals surface area contributed by atoms with Crippen molar-refractivity contribution in [3.63, 3.8) is 0 Å². The lowest BCUT2D eigenvalue weighted by molar-refractivity contribution is -0.134. The van der Waals surface area contributed by atoms with E-state index < -0.39 is 0 Å². The van der Waals surface area contributed by atoms with E-state index in [9.17, 15) is 4.79 Å². The van der Waals surface area contributed by atoms with E-state index in [4.69, 9.17) is 0 Å². The van der Waals surface area contributed by atoms with Gasteiger partial charge in [-0.25, -0.2) is 0 Å². The number of rotatable bonds is 2. The van der Waals surface area contributed by atoms with Gasteiger partial charge in [0.2, 0.25) is 5.91 Å². The predicted octanol–water partition coefficient (Wildman–Crippen LogP) is 0.997. The normalized spacial score (nSPS) is 23.0. The third-order valence-electron chi connectivity index (χ3n) is 2.67. The molecule has 3 nitrogen and oxygen atoms in total. The van der Waals surface area contributed by atoms with Gasteiger partial charge in [-0.1, -0.05) is 6.92 Å². The van der Waals surface area contributed by atoms with Crippen LogP contribution in [0.1, 0.15) is 33.6 Å². The smallest absolute Gasteiger partial charge is 0.236 e. The molecule has 0 unspecified atom stereocenters. The van der Waals surface area contributed by atoms with Crippen molar-refractivity contribution >= 4 is 5.91 Å². The van der Waals surface area contributed by atoms with Crippen LogP contribution < -0.4 is 5.32 Å². The van der Waals surface area contributed by atoms with Crippen LogP contribution in [0, 0.1) is 0 Å². The van der Waals surface area contributed by atoms with Gasteiger partial charge in [0.25, 0.3) is 0 Å². The first-order valence-corrected chi connectivity index (χ1v) is 5.09. The molecule has 0 radical (unpaired) electrons. The van der Waals surface area contributed by atoms with Crippen molar-refractivity contribution in [1.29, 1.82) is 0 Å². The second-order valence-electron chi connectivity index (χ2n) is 4.28. The SMILES string of the molecule is CCCN1C(=O)CNCCC1(C)C. The Morgan fingerprint density at radius 2 is 2.23 bits per heavy atom. The Balaban J connectivity index is 2.73. The number of carbonyl (C=O) groups is 1. The number of nitrogens with zero attached hydrogens (tertiary/aromatic N) is 1. The summed E-state index contributed by atoms with van der Waals surface area (Å²) in [6.07, 6.45) is 2.08. The summed E-state index contributed by atoms with van der Waals surface area (Å²) in [5, 5.41) is 3.15. The summed E-state index contributed by atoms with van der Waals surface area (Å²) in [6.45, 7) is 8.73. The van der Waals surface area contributed by atoms with Gasteiger partial charge in [0.15, 0.2) is 0 Å². The van der Waals surface area contributed by atoms with E-state index in [0.29, 0.717) is 6.54 Å². The van der Waals surface area contributed by atoms with Gasteiger partial charge in [-0.15, -0.1) is 0 Å². The van der Waals surface area contributed by atoms with E-state index in [0.717, 1.165) is 25.9 Å². The van der Waals surface area contributed by atoms with E-state index in [1.54, 1.807) is 0 Å². The standard InChI is InChI=1S/C10H20N2O/c1-4-7-12-9(13)8-11-6-5-10(12,2)3/h11H,4-8H2,1-3H3. The van der Waals surface area contributed by atoms with E-state index in [1.165, 1.54) is 0 Å². The van der Waals surface area contributed by atoms with Gasteiger partial charge in [-0.3, -0.25) is 4.79 Å². The Hall–Kier alpha value is -0.570. The van der Waals surface area contributed by atoms with Crippen molar-refractivity contribution in [3.8, 4) is 0 Å². The summed E-state index contributed by atoms with van der Waals surface area (Å²) in [4.78, 5) is 13.7. The highest BCUT2D eigenvalue weighted by Crippen LogP contribution is 2.20. The molecule has 1 heterocycles. The fourth-order valence-corrected chi connectivity index (χ4v) is 1.81. The van der Waals surface area contributed by atoms with Crippen molar-refractivity contribution in [2.75, 3.05) is 19.6 Å². The average Bonchev–Trinajstić information content (AvgIpc) is 2.17. The van der Waals surface area contributed by atoms with Crippen LogP contribution in [0.3, 0.4) is 0 Å². The van der Waals surface area contributed by atoms with Crippen molar-refractivity contribution in [2.45, 2.75) is 39.2 Å². The molecular formula is C10H20N2O. The molecule has 13 heavy (non-hydrogen) atoms. The Morgan fingerprint density at radius 1 is 1.54 bits per heavy atom. The van der Waals surface area contributed by atoms with Crippen molar-refractivity contribution in [3.05, 3.63) is 0 Å². The van der Waals surface area contributed by atoms with Crippen molar-refractivity contribution in [2.24, 2.45) is 0 Å². The number of hydrogen-bond donors (Lipinski definition) is 1. The van der Waals surface area contributed by atoms with Crippen LogP contribution in [0.4, 0.5) is 0 Å². The molecule has 1 aliphatic heterocycles.